The molecule has 0 amide bonds. The minimum atomic E-state index is 0.567. The van der Waals surface area contributed by atoms with Crippen LogP contribution < -0.4 is 10.6 Å². The van der Waals surface area contributed by atoms with Crippen molar-refractivity contribution < 1.29 is 0 Å². The molecule has 96 valence electrons. The highest BCUT2D eigenvalue weighted by Crippen LogP contribution is 2.14. The Hall–Kier alpha value is -1.62. The first-order chi connectivity index (χ1) is 8.83. The number of anilines is 1. The summed E-state index contributed by atoms with van der Waals surface area (Å²) in [6.45, 7) is 4.16. The minimum absolute atomic E-state index is 0.567. The molecule has 1 unspecified atom stereocenters. The number of rotatable bonds is 3. The third kappa shape index (κ3) is 2.31. The van der Waals surface area contributed by atoms with Crippen molar-refractivity contribution in [1.82, 2.24) is 19.9 Å². The van der Waals surface area contributed by atoms with Crippen LogP contribution in [0.2, 0.25) is 0 Å². The predicted octanol–water partition coefficient (Wildman–Crippen LogP) is 1.59. The van der Waals surface area contributed by atoms with Gasteiger partial charge in [0.1, 0.15) is 12.1 Å². The molecular formula is C13H19N5. The Labute approximate surface area is 107 Å². The number of hydrogen-bond acceptors (Lipinski definition) is 4. The van der Waals surface area contributed by atoms with Gasteiger partial charge in [0.15, 0.2) is 5.65 Å². The van der Waals surface area contributed by atoms with Gasteiger partial charge < -0.3 is 10.6 Å². The van der Waals surface area contributed by atoms with Gasteiger partial charge in [-0.25, -0.2) is 4.98 Å². The topological polar surface area (TPSA) is 54.2 Å². The fourth-order valence-corrected chi connectivity index (χ4v) is 2.51. The number of piperidine rings is 1. The SMILES string of the molecule is Cc1cc(NCC2CCCCN2)n2ncnc2c1. The zero-order valence-electron chi connectivity index (χ0n) is 10.7. The maximum atomic E-state index is 4.25. The van der Waals surface area contributed by atoms with E-state index in [-0.39, 0.29) is 0 Å². The highest BCUT2D eigenvalue weighted by atomic mass is 15.3. The first-order valence-electron chi connectivity index (χ1n) is 6.60. The quantitative estimate of drug-likeness (QED) is 0.862. The number of aromatic nitrogens is 3. The van der Waals surface area contributed by atoms with Crippen molar-refractivity contribution in [2.24, 2.45) is 0 Å². The first kappa shape index (κ1) is 11.5. The Balaban J connectivity index is 1.75. The van der Waals surface area contributed by atoms with Crippen molar-refractivity contribution in [3.8, 4) is 0 Å². The predicted molar refractivity (Wildman–Crippen MR) is 71.9 cm³/mol. The number of hydrogen-bond donors (Lipinski definition) is 2. The molecule has 3 rings (SSSR count). The summed E-state index contributed by atoms with van der Waals surface area (Å²) < 4.78 is 1.86. The van der Waals surface area contributed by atoms with Crippen LogP contribution in [0.5, 0.6) is 0 Å². The molecule has 0 bridgehead atoms. The largest absolute Gasteiger partial charge is 0.368 e. The molecule has 1 atom stereocenters. The van der Waals surface area contributed by atoms with E-state index in [0.29, 0.717) is 6.04 Å². The van der Waals surface area contributed by atoms with Crippen molar-refractivity contribution >= 4 is 11.5 Å². The molecule has 0 spiro atoms. The third-order valence-corrected chi connectivity index (χ3v) is 3.47. The average Bonchev–Trinajstić information content (AvgIpc) is 2.85. The van der Waals surface area contributed by atoms with Crippen LogP contribution in [0.1, 0.15) is 24.8 Å². The van der Waals surface area contributed by atoms with E-state index in [9.17, 15) is 0 Å². The highest BCUT2D eigenvalue weighted by molar-refractivity contribution is 5.51. The number of nitrogens with zero attached hydrogens (tertiary/aromatic N) is 3. The second kappa shape index (κ2) is 4.94. The van der Waals surface area contributed by atoms with Crippen molar-refractivity contribution in [2.45, 2.75) is 32.2 Å². The molecule has 1 aliphatic rings. The number of fused-ring (bicyclic) bond motifs is 1. The second-order valence-corrected chi connectivity index (χ2v) is 4.98. The second-order valence-electron chi connectivity index (χ2n) is 4.98. The van der Waals surface area contributed by atoms with Crippen molar-refractivity contribution in [2.75, 3.05) is 18.4 Å². The minimum Gasteiger partial charge on any atom is -0.368 e. The maximum absolute atomic E-state index is 4.25. The third-order valence-electron chi connectivity index (χ3n) is 3.47. The van der Waals surface area contributed by atoms with Gasteiger partial charge in [0, 0.05) is 12.6 Å². The van der Waals surface area contributed by atoms with Gasteiger partial charge in [-0.05, 0) is 44.0 Å². The molecule has 0 radical (unpaired) electrons. The Morgan fingerprint density at radius 3 is 3.22 bits per heavy atom. The normalized spacial score (nSPS) is 20.2. The number of nitrogens with one attached hydrogen (secondary N) is 2. The number of pyridine rings is 1. The fourth-order valence-electron chi connectivity index (χ4n) is 2.51. The first-order valence-corrected chi connectivity index (χ1v) is 6.60. The molecule has 2 aromatic rings. The lowest BCUT2D eigenvalue weighted by molar-refractivity contribution is 0.414. The molecule has 3 heterocycles. The van der Waals surface area contributed by atoms with Crippen LogP contribution in [0.25, 0.3) is 5.65 Å². The smallest absolute Gasteiger partial charge is 0.157 e. The summed E-state index contributed by atoms with van der Waals surface area (Å²) in [5.74, 6) is 1.02. The van der Waals surface area contributed by atoms with E-state index in [1.54, 1.807) is 6.33 Å². The summed E-state index contributed by atoms with van der Waals surface area (Å²) in [5.41, 5.74) is 2.10. The number of aryl methyl sites for hydroxylation is 1. The molecule has 5 nitrogen and oxygen atoms in total. The van der Waals surface area contributed by atoms with Crippen LogP contribution >= 0.6 is 0 Å². The molecular weight excluding hydrogens is 226 g/mol. The van der Waals surface area contributed by atoms with Crippen molar-refractivity contribution in [3.05, 3.63) is 24.0 Å². The summed E-state index contributed by atoms with van der Waals surface area (Å²) in [4.78, 5) is 4.23. The molecule has 0 saturated carbocycles. The van der Waals surface area contributed by atoms with E-state index in [1.807, 2.05) is 10.6 Å². The van der Waals surface area contributed by atoms with E-state index in [0.717, 1.165) is 24.6 Å². The lowest BCUT2D eigenvalue weighted by Crippen LogP contribution is -2.39. The van der Waals surface area contributed by atoms with Gasteiger partial charge in [0.25, 0.3) is 0 Å². The maximum Gasteiger partial charge on any atom is 0.157 e. The lowest BCUT2D eigenvalue weighted by Gasteiger charge is -2.24. The van der Waals surface area contributed by atoms with Crippen molar-refractivity contribution in [3.63, 3.8) is 0 Å². The van der Waals surface area contributed by atoms with Crippen LogP contribution in [0, 0.1) is 6.92 Å². The summed E-state index contributed by atoms with van der Waals surface area (Å²) >= 11 is 0. The monoisotopic (exact) mass is 245 g/mol. The van der Waals surface area contributed by atoms with Gasteiger partial charge in [0.05, 0.1) is 0 Å². The molecule has 1 fully saturated rings. The summed E-state index contributed by atoms with van der Waals surface area (Å²) in [6, 6.07) is 4.72. The molecule has 1 aliphatic heterocycles. The molecule has 0 aliphatic carbocycles. The highest BCUT2D eigenvalue weighted by Gasteiger charge is 2.12. The van der Waals surface area contributed by atoms with Gasteiger partial charge in [-0.15, -0.1) is 0 Å². The van der Waals surface area contributed by atoms with E-state index in [2.05, 4.69) is 33.7 Å². The molecule has 2 N–H and O–H groups in total. The van der Waals surface area contributed by atoms with E-state index in [4.69, 9.17) is 0 Å². The van der Waals surface area contributed by atoms with Gasteiger partial charge in [0.2, 0.25) is 0 Å². The average molecular weight is 245 g/mol. The van der Waals surface area contributed by atoms with Gasteiger partial charge in [-0.2, -0.15) is 9.61 Å². The van der Waals surface area contributed by atoms with E-state index < -0.39 is 0 Å². The van der Waals surface area contributed by atoms with E-state index in [1.165, 1.54) is 24.8 Å². The summed E-state index contributed by atoms with van der Waals surface area (Å²) in [6.07, 6.45) is 5.47. The summed E-state index contributed by atoms with van der Waals surface area (Å²) in [5, 5.41) is 11.3. The van der Waals surface area contributed by atoms with E-state index >= 15 is 0 Å². The zero-order valence-corrected chi connectivity index (χ0v) is 10.7. The fraction of sp³-hybridized carbons (Fsp3) is 0.538. The van der Waals surface area contributed by atoms with Crippen LogP contribution in [0.3, 0.4) is 0 Å². The molecule has 18 heavy (non-hydrogen) atoms. The Bertz CT molecular complexity index is 527. The molecule has 2 aromatic heterocycles. The molecule has 1 saturated heterocycles. The van der Waals surface area contributed by atoms with Gasteiger partial charge in [-0.3, -0.25) is 0 Å². The zero-order chi connectivity index (χ0) is 12.4. The summed E-state index contributed by atoms with van der Waals surface area (Å²) in [7, 11) is 0. The Morgan fingerprint density at radius 2 is 2.39 bits per heavy atom. The van der Waals surface area contributed by atoms with Crippen LogP contribution in [-0.4, -0.2) is 33.7 Å². The van der Waals surface area contributed by atoms with Gasteiger partial charge in [-0.1, -0.05) is 6.42 Å². The Kier molecular flexibility index (Phi) is 3.15. The van der Waals surface area contributed by atoms with Crippen LogP contribution in [0.4, 0.5) is 5.82 Å². The van der Waals surface area contributed by atoms with Crippen molar-refractivity contribution in [1.29, 1.82) is 0 Å². The standard InChI is InChI=1S/C13H19N5/c1-10-6-12(18-13(7-10)16-9-17-18)15-8-11-4-2-3-5-14-11/h6-7,9,11,14-15H,2-5,8H2,1H3. The molecule has 0 aromatic carbocycles. The van der Waals surface area contributed by atoms with Crippen LogP contribution in [-0.2, 0) is 0 Å². The Morgan fingerprint density at radius 1 is 1.44 bits per heavy atom. The van der Waals surface area contributed by atoms with Crippen LogP contribution in [0.15, 0.2) is 18.5 Å². The van der Waals surface area contributed by atoms with Gasteiger partial charge >= 0.3 is 0 Å². The lowest BCUT2D eigenvalue weighted by atomic mass is 10.1. The molecule has 5 heteroatoms.